The number of fused-ring (bicyclic) bond motifs is 2. The van der Waals surface area contributed by atoms with Gasteiger partial charge < -0.3 is 69.1 Å². The summed E-state index contributed by atoms with van der Waals surface area (Å²) in [4.78, 5) is 119. The lowest BCUT2D eigenvalue weighted by molar-refractivity contribution is -0.485. The highest BCUT2D eigenvalue weighted by Crippen LogP contribution is 2.21. The Balaban J connectivity index is 0.000000321. The van der Waals surface area contributed by atoms with Crippen molar-refractivity contribution >= 4 is 75.0 Å². The lowest BCUT2D eigenvalue weighted by atomic mass is 10.0. The number of benzene rings is 4. The van der Waals surface area contributed by atoms with Crippen LogP contribution in [0.25, 0.3) is 21.8 Å². The van der Waals surface area contributed by atoms with Gasteiger partial charge in [-0.1, -0.05) is 97.1 Å². The number of hydrazone groups is 2. The number of aromatic nitrogens is 2. The highest BCUT2D eigenvalue weighted by molar-refractivity contribution is 5.95. The molecule has 0 spiro atoms. The van der Waals surface area contributed by atoms with E-state index < -0.39 is 87.6 Å². The molecule has 0 saturated carbocycles. The van der Waals surface area contributed by atoms with Gasteiger partial charge in [0.2, 0.25) is 17.7 Å². The first-order chi connectivity index (χ1) is 41.3. The molecule has 28 nitrogen and oxygen atoms in total. The number of nitrogens with one attached hydrogen (secondary N) is 9. The third-order valence-corrected chi connectivity index (χ3v) is 13.4. The van der Waals surface area contributed by atoms with Gasteiger partial charge in [0.05, 0.1) is 12.1 Å². The number of nitrogens with two attached hydrogens (primary N) is 2. The maximum absolute atomic E-state index is 13.7. The number of nitro groups is 2. The van der Waals surface area contributed by atoms with Crippen LogP contribution in [0.3, 0.4) is 0 Å². The Hall–Kier alpha value is -10.3. The first-order valence-corrected chi connectivity index (χ1v) is 28.0. The second kappa shape index (κ2) is 33.3. The zero-order valence-corrected chi connectivity index (χ0v) is 49.1. The number of quaternary nitrogens is 1. The van der Waals surface area contributed by atoms with Crippen LogP contribution in [-0.4, -0.2) is 128 Å². The molecule has 6 aromatic rings. The number of ketones is 2. The molecule has 16 N–H and O–H groups in total. The molecule has 4 aromatic carbocycles. The monoisotopic (exact) mass is 1200 g/mol. The van der Waals surface area contributed by atoms with E-state index in [2.05, 4.69) is 63.1 Å². The lowest BCUT2D eigenvalue weighted by Crippen LogP contribution is -2.70. The molecule has 0 bridgehead atoms. The molecule has 5 amide bonds. The summed E-state index contributed by atoms with van der Waals surface area (Å²) >= 11 is 0. The third-order valence-electron chi connectivity index (χ3n) is 13.4. The molecule has 2 heterocycles. The number of aromatic amines is 2. The predicted octanol–water partition coefficient (Wildman–Crippen LogP) is 2.28. The van der Waals surface area contributed by atoms with Gasteiger partial charge in [0, 0.05) is 73.0 Å². The van der Waals surface area contributed by atoms with Crippen molar-refractivity contribution in [3.63, 3.8) is 0 Å². The number of alkyl carbamates (subject to hydrolysis) is 1. The number of nitrogens with zero attached hydrogens (tertiary/aromatic N) is 4. The lowest BCUT2D eigenvalue weighted by Gasteiger charge is -2.26. The maximum atomic E-state index is 13.7. The van der Waals surface area contributed by atoms with Crippen molar-refractivity contribution in [1.82, 2.24) is 47.2 Å². The van der Waals surface area contributed by atoms with Crippen LogP contribution in [0, 0.1) is 20.2 Å². The van der Waals surface area contributed by atoms with Gasteiger partial charge in [-0.15, -0.1) is 0 Å². The molecule has 87 heavy (non-hydrogen) atoms. The van der Waals surface area contributed by atoms with Crippen LogP contribution in [0.5, 0.6) is 0 Å². The minimum absolute atomic E-state index is 0.0541. The van der Waals surface area contributed by atoms with Crippen LogP contribution in [-0.2, 0) is 59.2 Å². The zero-order chi connectivity index (χ0) is 63.6. The van der Waals surface area contributed by atoms with Crippen molar-refractivity contribution in [3.05, 3.63) is 164 Å². The average molecular weight is 1200 g/mol. The summed E-state index contributed by atoms with van der Waals surface area (Å²) in [5, 5.41) is 45.8. The van der Waals surface area contributed by atoms with Gasteiger partial charge in [0.1, 0.15) is 33.9 Å². The fourth-order valence-electron chi connectivity index (χ4n) is 9.07. The van der Waals surface area contributed by atoms with Crippen LogP contribution in [0.1, 0.15) is 82.6 Å². The SMILES string of the molecule is CC(=O)[C@H](Cc1c[nH]c2ccccc12)NC(=O)[C@H](CCCN/C(N)=N/[N+](=O)[O-])NC(=O)[C@@H](Cc1ccccc1)NC(=O)OC(C)(C)C.CC(=O)[C@H](Cc1c[nH]c2ccccc12)NC(=O)[C@H](CCCN/C(N)=N/[N+](=O)[O-])NC(=O)[C@H]([NH3+])Cc1ccccc1. The fourth-order valence-corrected chi connectivity index (χ4v) is 9.07. The Bertz CT molecular complexity index is 3380. The number of hydrogen-bond donors (Lipinski definition) is 12. The van der Waals surface area contributed by atoms with Crippen molar-refractivity contribution in [1.29, 1.82) is 0 Å². The minimum atomic E-state index is -1.15. The summed E-state index contributed by atoms with van der Waals surface area (Å²) in [6.45, 7) is 8.12. The summed E-state index contributed by atoms with van der Waals surface area (Å²) in [7, 11) is 0. The molecule has 464 valence electrons. The normalized spacial score (nSPS) is 13.6. The standard InChI is InChI=1S/C32H42N8O7.C27H34N8O5/c1-20(41)26(18-22-19-35-24-14-9-8-13-23(22)24)37-28(42)25(15-10-16-34-30(33)39-40(45)46)36-29(43)27(17-21-11-6-5-7-12-21)38-31(44)47-32(2,3)4;1-17(36)24(15-19-16-31-22-11-6-5-10-20(19)22)33-26(38)23(12-7-13-30-27(29)34-35(39)40)32-25(37)21(28)14-18-8-3-2-4-9-18/h5-9,11-14,19,25-27,35H,10,15-18H2,1-4H3,(H,36,43)(H,37,42)(H,38,44)(H3,33,34,39);2-6,8-11,16,21,23-24,31H,7,12-15,28H2,1H3,(H,32,37)(H,33,38)(H3,29,30,34)/p+1/t25-,26-,27+;21-,23+,24+/m01/s1. The number of carbonyl (C=O) groups is 7. The Labute approximate surface area is 501 Å². The number of guanidine groups is 2. The maximum Gasteiger partial charge on any atom is 0.408 e. The first-order valence-electron chi connectivity index (χ1n) is 28.0. The third kappa shape index (κ3) is 23.4. The van der Waals surface area contributed by atoms with Gasteiger partial charge in [-0.3, -0.25) is 28.8 Å². The summed E-state index contributed by atoms with van der Waals surface area (Å²) in [6.07, 6.45) is 4.52. The highest BCUT2D eigenvalue weighted by atomic mass is 16.7. The molecule has 0 aliphatic heterocycles. The summed E-state index contributed by atoms with van der Waals surface area (Å²) < 4.78 is 5.37. The van der Waals surface area contributed by atoms with E-state index in [9.17, 15) is 53.8 Å². The summed E-state index contributed by atoms with van der Waals surface area (Å²) in [5.74, 6) is -3.51. The molecule has 0 fully saturated rings. The minimum Gasteiger partial charge on any atom is -0.444 e. The Morgan fingerprint density at radius 2 is 0.920 bits per heavy atom. The van der Waals surface area contributed by atoms with Crippen LogP contribution >= 0.6 is 0 Å². The van der Waals surface area contributed by atoms with E-state index >= 15 is 0 Å². The smallest absolute Gasteiger partial charge is 0.408 e. The molecule has 6 rings (SSSR count). The average Bonchev–Trinajstić information content (AvgIpc) is 3.46. The van der Waals surface area contributed by atoms with Gasteiger partial charge >= 0.3 is 6.09 Å². The molecule has 28 heteroatoms. The molecule has 6 atom stereocenters. The molecule has 0 aliphatic rings. The second-order valence-corrected chi connectivity index (χ2v) is 21.5. The largest absolute Gasteiger partial charge is 0.444 e. The van der Waals surface area contributed by atoms with Crippen molar-refractivity contribution in [2.45, 2.75) is 128 Å². The number of rotatable bonds is 29. The fraction of sp³-hybridized carbons (Fsp3) is 0.373. The zero-order valence-electron chi connectivity index (χ0n) is 49.1. The molecular formula is C59H77N16O12+. The van der Waals surface area contributed by atoms with Gasteiger partial charge in [-0.25, -0.2) is 25.0 Å². The predicted molar refractivity (Wildman–Crippen MR) is 325 cm³/mol. The summed E-state index contributed by atoms with van der Waals surface area (Å²) in [6, 6.07) is 28.0. The van der Waals surface area contributed by atoms with Crippen LogP contribution < -0.4 is 54.4 Å². The van der Waals surface area contributed by atoms with E-state index in [0.29, 0.717) is 12.8 Å². The van der Waals surface area contributed by atoms with Gasteiger partial charge in [0.25, 0.3) is 17.8 Å². The number of carbonyl (C=O) groups excluding carboxylic acids is 7. The number of ether oxygens (including phenoxy) is 1. The van der Waals surface area contributed by atoms with Gasteiger partial charge in [-0.2, -0.15) is 0 Å². The number of Topliss-reactive ketones (excluding diaryl/α,β-unsaturated/α-hetero) is 2. The summed E-state index contributed by atoms with van der Waals surface area (Å²) in [5.41, 5.74) is 19.3. The van der Waals surface area contributed by atoms with Crippen molar-refractivity contribution in [3.8, 4) is 0 Å². The van der Waals surface area contributed by atoms with Gasteiger partial charge in [-0.05, 0) is 94.7 Å². The first kappa shape index (κ1) is 67.5. The van der Waals surface area contributed by atoms with Crippen molar-refractivity contribution in [2.75, 3.05) is 13.1 Å². The topological polar surface area (TPSA) is 435 Å². The van der Waals surface area contributed by atoms with E-state index in [4.69, 9.17) is 16.2 Å². The number of para-hydroxylation sites is 2. The van der Waals surface area contributed by atoms with E-state index in [-0.39, 0.29) is 69.1 Å². The Kier molecular flexibility index (Phi) is 25.8. The van der Waals surface area contributed by atoms with Crippen molar-refractivity contribution in [2.24, 2.45) is 21.7 Å². The van der Waals surface area contributed by atoms with Crippen LogP contribution in [0.4, 0.5) is 4.79 Å². The molecule has 0 aliphatic carbocycles. The Morgan fingerprint density at radius 1 is 0.540 bits per heavy atom. The second-order valence-electron chi connectivity index (χ2n) is 21.5. The molecule has 0 unspecified atom stereocenters. The van der Waals surface area contributed by atoms with E-state index in [0.717, 1.165) is 44.1 Å². The molecule has 0 radical (unpaired) electrons. The highest BCUT2D eigenvalue weighted by Gasteiger charge is 2.32. The van der Waals surface area contributed by atoms with Crippen LogP contribution in [0.15, 0.2) is 132 Å². The van der Waals surface area contributed by atoms with E-state index in [1.807, 2.05) is 91.1 Å². The molecule has 0 saturated heterocycles. The van der Waals surface area contributed by atoms with Crippen molar-refractivity contribution < 1.29 is 54.1 Å². The number of H-pyrrole nitrogens is 2. The molecule has 2 aromatic heterocycles. The van der Waals surface area contributed by atoms with Crippen LogP contribution in [0.2, 0.25) is 0 Å². The van der Waals surface area contributed by atoms with E-state index in [1.165, 1.54) is 13.8 Å². The van der Waals surface area contributed by atoms with Gasteiger partial charge in [0.15, 0.2) is 27.7 Å². The Morgan fingerprint density at radius 3 is 1.33 bits per heavy atom. The molecular weight excluding hydrogens is 1120 g/mol. The number of hydrogen-bond acceptors (Lipinski definition) is 12. The quantitative estimate of drug-likeness (QED) is 0.0105. The van der Waals surface area contributed by atoms with E-state index in [1.54, 1.807) is 51.2 Å². The number of amides is 5.